The van der Waals surface area contributed by atoms with Crippen LogP contribution in [0.4, 0.5) is 0 Å². The number of fused-ring (bicyclic) bond motifs is 2. The van der Waals surface area contributed by atoms with E-state index in [1.165, 1.54) is 4.90 Å². The van der Waals surface area contributed by atoms with Gasteiger partial charge in [0.15, 0.2) is 0 Å². The standard InChI is InChI=1S/C50H51N5O4/c1-4-7-9-11-14-34(15-12-10-8-5-2)55-49(58)41-26-22-37-35-20-24-39-45-40(25-21-36(43(35)45)38-23-27-42(50(55)59)46(41)44(37)38)48(57)54(47(39)56)29-32-18-16-31(17-19-32)28-53-30-33(13-6-3)51-52-53/h16-27,30,34H,4-15,28-29H2,1-3H3. The summed E-state index contributed by atoms with van der Waals surface area (Å²) < 4.78 is 1.83. The van der Waals surface area contributed by atoms with E-state index in [4.69, 9.17) is 0 Å². The first kappa shape index (κ1) is 38.6. The Morgan fingerprint density at radius 1 is 0.492 bits per heavy atom. The molecular weight excluding hydrogens is 735 g/mol. The monoisotopic (exact) mass is 785 g/mol. The molecule has 59 heavy (non-hydrogen) atoms. The predicted octanol–water partition coefficient (Wildman–Crippen LogP) is 11.0. The van der Waals surface area contributed by atoms with Crippen LogP contribution in [0.5, 0.6) is 0 Å². The van der Waals surface area contributed by atoms with Crippen LogP contribution in [0.15, 0.2) is 79.0 Å². The number of amides is 4. The fourth-order valence-electron chi connectivity index (χ4n) is 9.73. The quantitative estimate of drug-likeness (QED) is 0.0394. The highest BCUT2D eigenvalue weighted by atomic mass is 16.2. The van der Waals surface area contributed by atoms with Gasteiger partial charge in [-0.25, -0.2) is 4.68 Å². The summed E-state index contributed by atoms with van der Waals surface area (Å²) >= 11 is 0. The van der Waals surface area contributed by atoms with Gasteiger partial charge in [-0.3, -0.25) is 29.0 Å². The third-order valence-corrected chi connectivity index (χ3v) is 12.7. The zero-order chi connectivity index (χ0) is 40.8. The van der Waals surface area contributed by atoms with Gasteiger partial charge >= 0.3 is 0 Å². The molecule has 0 atom stereocenters. The zero-order valence-corrected chi connectivity index (χ0v) is 34.4. The van der Waals surface area contributed by atoms with Crippen LogP contribution in [0, 0.1) is 0 Å². The molecule has 4 amide bonds. The van der Waals surface area contributed by atoms with Crippen molar-refractivity contribution in [2.45, 2.75) is 117 Å². The van der Waals surface area contributed by atoms with E-state index >= 15 is 0 Å². The molecule has 7 aromatic rings. The number of hydrogen-bond donors (Lipinski definition) is 0. The van der Waals surface area contributed by atoms with Crippen molar-refractivity contribution in [3.8, 4) is 0 Å². The van der Waals surface area contributed by atoms with Crippen molar-refractivity contribution in [1.82, 2.24) is 24.8 Å². The maximum absolute atomic E-state index is 14.5. The van der Waals surface area contributed by atoms with Gasteiger partial charge in [-0.05, 0) is 87.0 Å². The number of imide groups is 2. The number of hydrogen-bond acceptors (Lipinski definition) is 6. The fraction of sp³-hybridized carbons (Fsp3) is 0.360. The molecule has 300 valence electrons. The molecule has 0 unspecified atom stereocenters. The van der Waals surface area contributed by atoms with Gasteiger partial charge in [-0.15, -0.1) is 5.10 Å². The average Bonchev–Trinajstić information content (AvgIpc) is 3.69. The molecule has 0 N–H and O–H groups in total. The van der Waals surface area contributed by atoms with Crippen molar-refractivity contribution in [2.24, 2.45) is 0 Å². The van der Waals surface area contributed by atoms with Crippen molar-refractivity contribution in [1.29, 1.82) is 0 Å². The minimum atomic E-state index is -0.326. The number of carbonyl (C=O) groups is 4. The first-order valence-electron chi connectivity index (χ1n) is 21.7. The van der Waals surface area contributed by atoms with Gasteiger partial charge in [0.1, 0.15) is 0 Å². The molecule has 0 fully saturated rings. The summed E-state index contributed by atoms with van der Waals surface area (Å²) in [5.74, 6) is -1.07. The summed E-state index contributed by atoms with van der Waals surface area (Å²) in [5, 5.41) is 15.2. The molecule has 2 aliphatic rings. The molecule has 0 saturated heterocycles. The molecule has 0 bridgehead atoms. The van der Waals surface area contributed by atoms with Gasteiger partial charge in [0.05, 0.1) is 18.8 Å². The van der Waals surface area contributed by atoms with E-state index in [9.17, 15) is 19.2 Å². The molecule has 2 aliphatic heterocycles. The van der Waals surface area contributed by atoms with E-state index < -0.39 is 0 Å². The molecule has 1 aromatic heterocycles. The third kappa shape index (κ3) is 6.64. The van der Waals surface area contributed by atoms with Gasteiger partial charge in [0.2, 0.25) is 0 Å². The van der Waals surface area contributed by atoms with Crippen LogP contribution < -0.4 is 0 Å². The van der Waals surface area contributed by atoms with E-state index in [0.717, 1.165) is 126 Å². The summed E-state index contributed by atoms with van der Waals surface area (Å²) in [6.45, 7) is 7.24. The predicted molar refractivity (Wildman–Crippen MR) is 233 cm³/mol. The molecule has 9 rings (SSSR count). The van der Waals surface area contributed by atoms with E-state index in [2.05, 4.69) is 31.1 Å². The molecule has 9 nitrogen and oxygen atoms in total. The van der Waals surface area contributed by atoms with Gasteiger partial charge in [0, 0.05) is 45.3 Å². The number of nitrogens with zero attached hydrogens (tertiary/aromatic N) is 5. The van der Waals surface area contributed by atoms with E-state index in [0.29, 0.717) is 39.6 Å². The molecular formula is C50H51N5O4. The highest BCUT2D eigenvalue weighted by Gasteiger charge is 2.39. The number of carbonyl (C=O) groups excluding carboxylic acids is 4. The lowest BCUT2D eigenvalue weighted by Crippen LogP contribution is -2.47. The number of unbranched alkanes of at least 4 members (excludes halogenated alkanes) is 6. The minimum Gasteiger partial charge on any atom is -0.271 e. The molecule has 0 radical (unpaired) electrons. The van der Waals surface area contributed by atoms with Crippen LogP contribution in [0.3, 0.4) is 0 Å². The Morgan fingerprint density at radius 2 is 0.949 bits per heavy atom. The number of benzene rings is 6. The normalized spacial score (nSPS) is 14.2. The van der Waals surface area contributed by atoms with Crippen molar-refractivity contribution in [3.63, 3.8) is 0 Å². The van der Waals surface area contributed by atoms with Crippen LogP contribution in [-0.2, 0) is 19.5 Å². The highest BCUT2D eigenvalue weighted by molar-refractivity contribution is 6.41. The Kier molecular flexibility index (Phi) is 10.5. The van der Waals surface area contributed by atoms with E-state index in [1.54, 1.807) is 4.90 Å². The molecule has 9 heteroatoms. The summed E-state index contributed by atoms with van der Waals surface area (Å²) in [7, 11) is 0. The van der Waals surface area contributed by atoms with Crippen LogP contribution >= 0.6 is 0 Å². The summed E-state index contributed by atoms with van der Waals surface area (Å²) in [6, 6.07) is 23.2. The minimum absolute atomic E-state index is 0.130. The molecule has 0 aliphatic carbocycles. The smallest absolute Gasteiger partial charge is 0.261 e. The summed E-state index contributed by atoms with van der Waals surface area (Å²) in [5.41, 5.74) is 4.99. The lowest BCUT2D eigenvalue weighted by atomic mass is 9.82. The Balaban J connectivity index is 1.05. The first-order valence-corrected chi connectivity index (χ1v) is 21.7. The second kappa shape index (κ2) is 16.0. The second-order valence-electron chi connectivity index (χ2n) is 16.6. The number of rotatable bonds is 17. The first-order chi connectivity index (χ1) is 28.8. The maximum atomic E-state index is 14.5. The van der Waals surface area contributed by atoms with Gasteiger partial charge < -0.3 is 0 Å². The van der Waals surface area contributed by atoms with Crippen molar-refractivity contribution in [2.75, 3.05) is 0 Å². The van der Waals surface area contributed by atoms with Crippen molar-refractivity contribution in [3.05, 3.63) is 118 Å². The Morgan fingerprint density at radius 3 is 1.41 bits per heavy atom. The van der Waals surface area contributed by atoms with Crippen molar-refractivity contribution < 1.29 is 19.2 Å². The topological polar surface area (TPSA) is 105 Å². The van der Waals surface area contributed by atoms with Gasteiger partial charge in [-0.1, -0.05) is 132 Å². The molecule has 0 saturated carbocycles. The van der Waals surface area contributed by atoms with E-state index in [-0.39, 0.29) is 36.2 Å². The largest absolute Gasteiger partial charge is 0.271 e. The molecule has 6 aromatic carbocycles. The Hall–Kier alpha value is -5.96. The number of aromatic nitrogens is 3. The lowest BCUT2D eigenvalue weighted by molar-refractivity contribution is 0.0514. The fourth-order valence-corrected chi connectivity index (χ4v) is 9.73. The Labute approximate surface area is 344 Å². The van der Waals surface area contributed by atoms with Crippen LogP contribution in [0.25, 0.3) is 43.1 Å². The summed E-state index contributed by atoms with van der Waals surface area (Å²) in [4.78, 5) is 60.4. The van der Waals surface area contributed by atoms with Crippen LogP contribution in [-0.4, -0.2) is 54.5 Å². The second-order valence-corrected chi connectivity index (χ2v) is 16.6. The number of aryl methyl sites for hydroxylation is 1. The molecule has 3 heterocycles. The van der Waals surface area contributed by atoms with Gasteiger partial charge in [0.25, 0.3) is 23.6 Å². The zero-order valence-electron chi connectivity index (χ0n) is 34.4. The average molecular weight is 786 g/mol. The highest BCUT2D eigenvalue weighted by Crippen LogP contribution is 2.46. The van der Waals surface area contributed by atoms with Gasteiger partial charge in [-0.2, -0.15) is 0 Å². The maximum Gasteiger partial charge on any atom is 0.261 e. The van der Waals surface area contributed by atoms with Crippen LogP contribution in [0.1, 0.15) is 150 Å². The lowest BCUT2D eigenvalue weighted by Gasteiger charge is -2.35. The third-order valence-electron chi connectivity index (χ3n) is 12.7. The van der Waals surface area contributed by atoms with E-state index in [1.807, 2.05) is 83.7 Å². The van der Waals surface area contributed by atoms with Crippen LogP contribution in [0.2, 0.25) is 0 Å². The van der Waals surface area contributed by atoms with Crippen molar-refractivity contribution >= 4 is 66.7 Å². The summed E-state index contributed by atoms with van der Waals surface area (Å²) in [6.07, 6.45) is 14.3. The Bertz CT molecular complexity index is 2630. The SMILES string of the molecule is CCCCCCC(CCCCCC)N1C(=O)c2ccc3c4ccc5c6c(ccc(c7ccc(c2c37)C1=O)c64)C(=O)N(Cc1ccc(Cn2cc(CCC)nn2)cc1)C5=O. The molecule has 0 spiro atoms.